The van der Waals surface area contributed by atoms with Crippen LogP contribution >= 0.6 is 11.8 Å². The summed E-state index contributed by atoms with van der Waals surface area (Å²) in [6.07, 6.45) is 8.57. The summed E-state index contributed by atoms with van der Waals surface area (Å²) in [5.41, 5.74) is 0.500. The molecule has 0 bridgehead atoms. The van der Waals surface area contributed by atoms with Crippen LogP contribution in [0.3, 0.4) is 0 Å². The number of aliphatic imine (C=N–C) groups is 1. The lowest BCUT2D eigenvalue weighted by Gasteiger charge is -2.38. The predicted molar refractivity (Wildman–Crippen MR) is 73.6 cm³/mol. The van der Waals surface area contributed by atoms with Gasteiger partial charge < -0.3 is 9.84 Å². The maximum Gasteiger partial charge on any atom is 0.156 e. The predicted octanol–water partition coefficient (Wildman–Crippen LogP) is 2.82. The van der Waals surface area contributed by atoms with Crippen molar-refractivity contribution in [1.29, 1.82) is 0 Å². The number of aromatic nitrogens is 1. The Labute approximate surface area is 112 Å². The van der Waals surface area contributed by atoms with Gasteiger partial charge in [-0.2, -0.15) is 0 Å². The van der Waals surface area contributed by atoms with E-state index in [1.165, 1.54) is 37.9 Å². The largest absolute Gasteiger partial charge is 0.360 e. The standard InChI is InChI=1S/C13H19N3OS/c1-2-5-13(6-3-1)9-15-12(18-10-13)14-8-11-4-7-16-17-11/h4,7H,1-3,5-6,8-10H2,(H,14,15). The van der Waals surface area contributed by atoms with Gasteiger partial charge >= 0.3 is 0 Å². The van der Waals surface area contributed by atoms with Crippen molar-refractivity contribution in [2.24, 2.45) is 10.4 Å². The lowest BCUT2D eigenvalue weighted by molar-refractivity contribution is 0.232. The Morgan fingerprint density at radius 1 is 1.33 bits per heavy atom. The van der Waals surface area contributed by atoms with Gasteiger partial charge in [0.2, 0.25) is 0 Å². The molecule has 1 aliphatic carbocycles. The Morgan fingerprint density at radius 3 is 2.89 bits per heavy atom. The number of hydrogen-bond donors (Lipinski definition) is 1. The highest BCUT2D eigenvalue weighted by atomic mass is 32.2. The first-order valence-corrected chi connectivity index (χ1v) is 7.66. The average molecular weight is 265 g/mol. The summed E-state index contributed by atoms with van der Waals surface area (Å²) < 4.78 is 5.06. The van der Waals surface area contributed by atoms with Crippen LogP contribution in [0.5, 0.6) is 0 Å². The van der Waals surface area contributed by atoms with Crippen molar-refractivity contribution in [3.8, 4) is 0 Å². The third kappa shape index (κ3) is 2.71. The van der Waals surface area contributed by atoms with E-state index in [-0.39, 0.29) is 0 Å². The molecule has 1 fully saturated rings. The Balaban J connectivity index is 1.53. The zero-order valence-corrected chi connectivity index (χ0v) is 11.3. The highest BCUT2D eigenvalue weighted by Crippen LogP contribution is 2.41. The number of nitrogens with zero attached hydrogens (tertiary/aromatic N) is 2. The fourth-order valence-corrected chi connectivity index (χ4v) is 3.91. The molecule has 18 heavy (non-hydrogen) atoms. The summed E-state index contributed by atoms with van der Waals surface area (Å²) in [5.74, 6) is 2.08. The lowest BCUT2D eigenvalue weighted by atomic mass is 9.75. The normalized spacial score (nSPS) is 22.8. The summed E-state index contributed by atoms with van der Waals surface area (Å²) in [5, 5.41) is 8.08. The fourth-order valence-electron chi connectivity index (χ4n) is 2.76. The van der Waals surface area contributed by atoms with Crippen molar-refractivity contribution in [1.82, 2.24) is 10.5 Å². The first kappa shape index (κ1) is 12.1. The molecule has 5 heteroatoms. The van der Waals surface area contributed by atoms with Crippen LogP contribution in [0.2, 0.25) is 0 Å². The van der Waals surface area contributed by atoms with Crippen LogP contribution in [0, 0.1) is 5.41 Å². The Morgan fingerprint density at radius 2 is 2.22 bits per heavy atom. The molecule has 1 spiro atoms. The molecule has 1 saturated carbocycles. The minimum absolute atomic E-state index is 0.500. The van der Waals surface area contributed by atoms with Gasteiger partial charge in [-0.3, -0.25) is 4.99 Å². The summed E-state index contributed by atoms with van der Waals surface area (Å²) in [4.78, 5) is 4.71. The van der Waals surface area contributed by atoms with Gasteiger partial charge in [0, 0.05) is 18.4 Å². The highest BCUT2D eigenvalue weighted by Gasteiger charge is 2.34. The van der Waals surface area contributed by atoms with Gasteiger partial charge in [0.1, 0.15) is 0 Å². The Hall–Kier alpha value is -0.970. The van der Waals surface area contributed by atoms with Crippen molar-refractivity contribution < 1.29 is 4.52 Å². The topological polar surface area (TPSA) is 50.4 Å². The van der Waals surface area contributed by atoms with Gasteiger partial charge in [0.15, 0.2) is 10.9 Å². The van der Waals surface area contributed by atoms with E-state index in [0.29, 0.717) is 12.0 Å². The van der Waals surface area contributed by atoms with Crippen molar-refractivity contribution in [3.63, 3.8) is 0 Å². The third-order valence-corrected chi connectivity index (χ3v) is 5.20. The Bertz CT molecular complexity index is 410. The van der Waals surface area contributed by atoms with Crippen molar-refractivity contribution in [2.75, 3.05) is 12.3 Å². The van der Waals surface area contributed by atoms with Crippen LogP contribution in [-0.4, -0.2) is 22.6 Å². The molecule has 98 valence electrons. The number of hydrogen-bond acceptors (Lipinski definition) is 5. The first-order valence-electron chi connectivity index (χ1n) is 6.67. The molecule has 1 aromatic rings. The number of rotatable bonds is 2. The summed E-state index contributed by atoms with van der Waals surface area (Å²) in [6, 6.07) is 1.88. The molecule has 1 aromatic heterocycles. The van der Waals surface area contributed by atoms with Crippen LogP contribution in [-0.2, 0) is 6.54 Å². The van der Waals surface area contributed by atoms with E-state index in [0.717, 1.165) is 17.5 Å². The van der Waals surface area contributed by atoms with E-state index < -0.39 is 0 Å². The molecule has 2 heterocycles. The second kappa shape index (κ2) is 5.34. The van der Waals surface area contributed by atoms with Crippen LogP contribution in [0.15, 0.2) is 21.8 Å². The van der Waals surface area contributed by atoms with Gasteiger partial charge in [-0.25, -0.2) is 0 Å². The SMILES string of the molecule is c1cc(CNC2=NCC3(CCCCC3)CS2)on1. The molecule has 1 aliphatic heterocycles. The maximum atomic E-state index is 5.06. The van der Waals surface area contributed by atoms with Gasteiger partial charge in [-0.05, 0) is 18.3 Å². The van der Waals surface area contributed by atoms with E-state index in [9.17, 15) is 0 Å². The zero-order chi connectivity index (χ0) is 12.3. The summed E-state index contributed by atoms with van der Waals surface area (Å²) >= 11 is 1.87. The maximum absolute atomic E-state index is 5.06. The van der Waals surface area contributed by atoms with Gasteiger partial charge in [-0.1, -0.05) is 36.2 Å². The molecule has 0 saturated heterocycles. The van der Waals surface area contributed by atoms with E-state index >= 15 is 0 Å². The smallest absolute Gasteiger partial charge is 0.156 e. The molecule has 0 amide bonds. The average Bonchev–Trinajstić information content (AvgIpc) is 2.93. The van der Waals surface area contributed by atoms with Gasteiger partial charge in [0.25, 0.3) is 0 Å². The first-order chi connectivity index (χ1) is 8.86. The van der Waals surface area contributed by atoms with Crippen molar-refractivity contribution >= 4 is 16.9 Å². The molecular weight excluding hydrogens is 246 g/mol. The van der Waals surface area contributed by atoms with Gasteiger partial charge in [-0.15, -0.1) is 0 Å². The third-order valence-electron chi connectivity index (χ3n) is 3.89. The summed E-state index contributed by atoms with van der Waals surface area (Å²) in [6.45, 7) is 1.68. The molecule has 0 aromatic carbocycles. The van der Waals surface area contributed by atoms with E-state index in [4.69, 9.17) is 9.52 Å². The van der Waals surface area contributed by atoms with Crippen LogP contribution in [0.1, 0.15) is 37.9 Å². The number of thioether (sulfide) groups is 1. The number of amidine groups is 1. The molecule has 0 unspecified atom stereocenters. The molecule has 0 radical (unpaired) electrons. The Kier molecular flexibility index (Phi) is 3.59. The second-order valence-corrected chi connectivity index (χ2v) is 6.27. The summed E-state index contributed by atoms with van der Waals surface area (Å²) in [7, 11) is 0. The van der Waals surface area contributed by atoms with E-state index in [1.807, 2.05) is 17.8 Å². The number of nitrogens with one attached hydrogen (secondary N) is 1. The quantitative estimate of drug-likeness (QED) is 0.893. The molecular formula is C13H19N3OS. The molecule has 2 aliphatic rings. The van der Waals surface area contributed by atoms with Crippen molar-refractivity contribution in [3.05, 3.63) is 18.0 Å². The highest BCUT2D eigenvalue weighted by molar-refractivity contribution is 8.13. The lowest BCUT2D eigenvalue weighted by Crippen LogP contribution is -2.36. The van der Waals surface area contributed by atoms with Gasteiger partial charge in [0.05, 0.1) is 12.7 Å². The minimum Gasteiger partial charge on any atom is -0.360 e. The monoisotopic (exact) mass is 265 g/mol. The molecule has 1 N–H and O–H groups in total. The van der Waals surface area contributed by atoms with Crippen LogP contribution in [0.25, 0.3) is 0 Å². The molecule has 4 nitrogen and oxygen atoms in total. The van der Waals surface area contributed by atoms with Crippen molar-refractivity contribution in [2.45, 2.75) is 38.6 Å². The second-order valence-electron chi connectivity index (χ2n) is 5.30. The van der Waals surface area contributed by atoms with E-state index in [2.05, 4.69) is 10.5 Å². The van der Waals surface area contributed by atoms with Crippen LogP contribution in [0.4, 0.5) is 0 Å². The molecule has 0 atom stereocenters. The minimum atomic E-state index is 0.500. The van der Waals surface area contributed by atoms with Crippen LogP contribution < -0.4 is 5.32 Å². The zero-order valence-electron chi connectivity index (χ0n) is 10.5. The fraction of sp³-hybridized carbons (Fsp3) is 0.692. The molecule has 3 rings (SSSR count). The van der Waals surface area contributed by atoms with E-state index in [1.54, 1.807) is 6.20 Å².